The molecule has 0 fully saturated rings. The second-order valence-corrected chi connectivity index (χ2v) is 3.46. The summed E-state index contributed by atoms with van der Waals surface area (Å²) in [4.78, 5) is 40.3. The van der Waals surface area contributed by atoms with Gasteiger partial charge in [-0.1, -0.05) is 6.58 Å². The van der Waals surface area contributed by atoms with Crippen molar-refractivity contribution in [3.8, 4) is 0 Å². The molecule has 0 aliphatic rings. The molecule has 0 aromatic carbocycles. The van der Waals surface area contributed by atoms with Gasteiger partial charge < -0.3 is 10.2 Å². The summed E-state index contributed by atoms with van der Waals surface area (Å²) >= 11 is 0. The van der Waals surface area contributed by atoms with Gasteiger partial charge in [0.05, 0.1) is 18.9 Å². The van der Waals surface area contributed by atoms with Crippen LogP contribution in [0.1, 0.15) is 19.8 Å². The van der Waals surface area contributed by atoms with Gasteiger partial charge in [-0.2, -0.15) is 4.89 Å². The third kappa shape index (κ3) is 7.36. The lowest BCUT2D eigenvalue weighted by atomic mass is 10.0. The van der Waals surface area contributed by atoms with Crippen LogP contribution in [0.2, 0.25) is 0 Å². The molecule has 0 saturated carbocycles. The summed E-state index contributed by atoms with van der Waals surface area (Å²) in [6.45, 7) is 4.46. The molecule has 18 heavy (non-hydrogen) atoms. The highest BCUT2D eigenvalue weighted by molar-refractivity contribution is 5.86. The molecular formula is C10H14O8. The molecule has 0 aromatic rings. The SMILES string of the molecule is C=C(C)C(=O)OOOCCC(CC(=O)O)C(=O)O. The number of carboxylic acid groups (broad SMARTS) is 2. The molecular weight excluding hydrogens is 248 g/mol. The zero-order valence-electron chi connectivity index (χ0n) is 9.75. The fourth-order valence-corrected chi connectivity index (χ4v) is 0.874. The lowest BCUT2D eigenvalue weighted by Crippen LogP contribution is -2.20. The van der Waals surface area contributed by atoms with Crippen molar-refractivity contribution < 1.29 is 39.4 Å². The van der Waals surface area contributed by atoms with Crippen LogP contribution < -0.4 is 0 Å². The number of carbonyl (C=O) groups is 3. The zero-order valence-corrected chi connectivity index (χ0v) is 9.75. The Labute approximate surface area is 103 Å². The van der Waals surface area contributed by atoms with Crippen molar-refractivity contribution in [3.05, 3.63) is 12.2 Å². The summed E-state index contributed by atoms with van der Waals surface area (Å²) in [5.41, 5.74) is 0.105. The summed E-state index contributed by atoms with van der Waals surface area (Å²) < 4.78 is 0. The Morgan fingerprint density at radius 2 is 1.89 bits per heavy atom. The predicted molar refractivity (Wildman–Crippen MR) is 55.9 cm³/mol. The molecule has 0 heterocycles. The van der Waals surface area contributed by atoms with Gasteiger partial charge in [-0.05, 0) is 18.4 Å². The van der Waals surface area contributed by atoms with E-state index >= 15 is 0 Å². The van der Waals surface area contributed by atoms with Crippen LogP contribution in [0.15, 0.2) is 12.2 Å². The highest BCUT2D eigenvalue weighted by atomic mass is 17.5. The van der Waals surface area contributed by atoms with E-state index in [2.05, 4.69) is 21.4 Å². The molecule has 1 unspecified atom stereocenters. The largest absolute Gasteiger partial charge is 0.481 e. The molecule has 0 saturated heterocycles. The van der Waals surface area contributed by atoms with Crippen molar-refractivity contribution in [3.63, 3.8) is 0 Å². The van der Waals surface area contributed by atoms with Crippen LogP contribution in [0.25, 0.3) is 0 Å². The first-order chi connectivity index (χ1) is 8.34. The molecule has 0 bridgehead atoms. The summed E-state index contributed by atoms with van der Waals surface area (Å²) in [6.07, 6.45) is -0.615. The lowest BCUT2D eigenvalue weighted by Gasteiger charge is -2.08. The van der Waals surface area contributed by atoms with Gasteiger partial charge in [0.2, 0.25) is 0 Å². The van der Waals surface area contributed by atoms with E-state index in [0.717, 1.165) is 0 Å². The van der Waals surface area contributed by atoms with Crippen molar-refractivity contribution in [2.75, 3.05) is 6.61 Å². The molecule has 0 aliphatic carbocycles. The second kappa shape index (κ2) is 8.20. The standard InChI is InChI=1S/C10H14O8/c1-6(2)10(15)17-18-16-4-3-7(9(13)14)5-8(11)12/h7H,1,3-5H2,2H3,(H,11,12)(H,13,14). The summed E-state index contributed by atoms with van der Waals surface area (Å²) in [5, 5.41) is 21.2. The number of rotatable bonds is 9. The lowest BCUT2D eigenvalue weighted by molar-refractivity contribution is -0.485. The van der Waals surface area contributed by atoms with Crippen molar-refractivity contribution in [1.82, 2.24) is 0 Å². The van der Waals surface area contributed by atoms with Crippen LogP contribution in [0.3, 0.4) is 0 Å². The Kier molecular flexibility index (Phi) is 7.32. The Balaban J connectivity index is 3.80. The number of hydrogen-bond donors (Lipinski definition) is 2. The summed E-state index contributed by atoms with van der Waals surface area (Å²) in [7, 11) is 0. The van der Waals surface area contributed by atoms with E-state index in [1.165, 1.54) is 6.92 Å². The highest BCUT2D eigenvalue weighted by Gasteiger charge is 2.20. The van der Waals surface area contributed by atoms with Crippen molar-refractivity contribution in [2.45, 2.75) is 19.8 Å². The van der Waals surface area contributed by atoms with Crippen LogP contribution in [-0.2, 0) is 29.2 Å². The number of carbonyl (C=O) groups excluding carboxylic acids is 1. The van der Waals surface area contributed by atoms with Crippen molar-refractivity contribution >= 4 is 17.9 Å². The first kappa shape index (κ1) is 16.1. The van der Waals surface area contributed by atoms with Crippen LogP contribution in [0.5, 0.6) is 0 Å². The average Bonchev–Trinajstić information content (AvgIpc) is 2.25. The fourth-order valence-electron chi connectivity index (χ4n) is 0.874. The van der Waals surface area contributed by atoms with E-state index in [0.29, 0.717) is 0 Å². The molecule has 1 atom stereocenters. The molecule has 102 valence electrons. The predicted octanol–water partition coefficient (Wildman–Crippen LogP) is 0.534. The van der Waals surface area contributed by atoms with Crippen molar-refractivity contribution in [2.24, 2.45) is 5.92 Å². The molecule has 2 N–H and O–H groups in total. The smallest absolute Gasteiger partial charge is 0.371 e. The zero-order chi connectivity index (χ0) is 14.1. The topological polar surface area (TPSA) is 119 Å². The normalized spacial score (nSPS) is 11.6. The number of carboxylic acids is 2. The van der Waals surface area contributed by atoms with Gasteiger partial charge in [-0.3, -0.25) is 14.5 Å². The van der Waals surface area contributed by atoms with Gasteiger partial charge in [-0.25, -0.2) is 4.79 Å². The minimum atomic E-state index is -1.25. The Bertz CT molecular complexity index is 335. The monoisotopic (exact) mass is 262 g/mol. The van der Waals surface area contributed by atoms with Gasteiger partial charge in [0.25, 0.3) is 0 Å². The van der Waals surface area contributed by atoms with E-state index in [1.54, 1.807) is 0 Å². The van der Waals surface area contributed by atoms with Gasteiger partial charge in [0.15, 0.2) is 0 Å². The van der Waals surface area contributed by atoms with E-state index in [4.69, 9.17) is 10.2 Å². The van der Waals surface area contributed by atoms with E-state index in [9.17, 15) is 14.4 Å². The van der Waals surface area contributed by atoms with Gasteiger partial charge in [0, 0.05) is 5.57 Å². The first-order valence-electron chi connectivity index (χ1n) is 4.95. The third-order valence-electron chi connectivity index (χ3n) is 1.83. The summed E-state index contributed by atoms with van der Waals surface area (Å²) in [5.74, 6) is -4.39. The molecule has 8 heteroatoms. The van der Waals surface area contributed by atoms with Gasteiger partial charge in [0.1, 0.15) is 0 Å². The quantitative estimate of drug-likeness (QED) is 0.267. The summed E-state index contributed by atoms with van der Waals surface area (Å²) in [6, 6.07) is 0. The Morgan fingerprint density at radius 1 is 1.28 bits per heavy atom. The molecule has 8 nitrogen and oxygen atoms in total. The number of aliphatic carboxylic acids is 2. The molecule has 0 aromatic heterocycles. The van der Waals surface area contributed by atoms with Gasteiger partial charge >= 0.3 is 17.9 Å². The third-order valence-corrected chi connectivity index (χ3v) is 1.83. The molecule has 0 aliphatic heterocycles. The van der Waals surface area contributed by atoms with E-state index in [1.807, 2.05) is 0 Å². The van der Waals surface area contributed by atoms with Crippen LogP contribution in [-0.4, -0.2) is 34.7 Å². The minimum Gasteiger partial charge on any atom is -0.481 e. The maximum Gasteiger partial charge on any atom is 0.371 e. The molecule has 0 amide bonds. The average molecular weight is 262 g/mol. The minimum absolute atomic E-state index is 0.0910. The van der Waals surface area contributed by atoms with Crippen LogP contribution in [0, 0.1) is 5.92 Å². The van der Waals surface area contributed by atoms with Gasteiger partial charge in [-0.15, -0.1) is 0 Å². The first-order valence-corrected chi connectivity index (χ1v) is 4.95. The number of hydrogen-bond acceptors (Lipinski definition) is 6. The maximum absolute atomic E-state index is 10.8. The molecule has 0 rings (SSSR count). The highest BCUT2D eigenvalue weighted by Crippen LogP contribution is 2.09. The fraction of sp³-hybridized carbons (Fsp3) is 0.500. The van der Waals surface area contributed by atoms with E-state index < -0.39 is 30.2 Å². The van der Waals surface area contributed by atoms with Crippen molar-refractivity contribution in [1.29, 1.82) is 0 Å². The Morgan fingerprint density at radius 3 is 2.33 bits per heavy atom. The van der Waals surface area contributed by atoms with Crippen LogP contribution >= 0.6 is 0 Å². The Hall–Kier alpha value is -1.93. The van der Waals surface area contributed by atoms with Crippen LogP contribution in [0.4, 0.5) is 0 Å². The molecule has 0 radical (unpaired) electrons. The van der Waals surface area contributed by atoms with E-state index in [-0.39, 0.29) is 18.6 Å². The maximum atomic E-state index is 10.8. The molecule has 0 spiro atoms. The second-order valence-electron chi connectivity index (χ2n) is 3.46.